The second kappa shape index (κ2) is 12.2. The summed E-state index contributed by atoms with van der Waals surface area (Å²) in [7, 11) is 0. The standard InChI is InChI=1S/C9H20O2.C8H10/c1-2-3-4-5-6-7-8-9(10)11;1-7-4-3-5-8(2)6-7/h9-11H,2-8H2,1H3;3-6H,1-2H3. The Hall–Kier alpha value is -0.860. The molecule has 0 aliphatic carbocycles. The molecule has 0 heterocycles. The van der Waals surface area contributed by atoms with Gasteiger partial charge < -0.3 is 10.2 Å². The number of benzene rings is 1. The zero-order chi connectivity index (χ0) is 14.5. The molecule has 0 bridgehead atoms. The van der Waals surface area contributed by atoms with Crippen molar-refractivity contribution in [3.63, 3.8) is 0 Å². The Kier molecular flexibility index (Phi) is 11.6. The van der Waals surface area contributed by atoms with Crippen molar-refractivity contribution in [1.29, 1.82) is 0 Å². The molecule has 0 aromatic heterocycles. The van der Waals surface area contributed by atoms with Crippen LogP contribution in [-0.4, -0.2) is 16.5 Å². The van der Waals surface area contributed by atoms with E-state index in [9.17, 15) is 0 Å². The van der Waals surface area contributed by atoms with Crippen LogP contribution in [0.1, 0.15) is 63.0 Å². The molecule has 0 aliphatic heterocycles. The molecule has 0 radical (unpaired) electrons. The fraction of sp³-hybridized carbons (Fsp3) is 0.647. The molecular formula is C17H30O2. The van der Waals surface area contributed by atoms with Crippen LogP contribution < -0.4 is 0 Å². The van der Waals surface area contributed by atoms with Crippen LogP contribution in [0.2, 0.25) is 0 Å². The molecule has 2 N–H and O–H groups in total. The first-order chi connectivity index (χ1) is 9.06. The van der Waals surface area contributed by atoms with Crippen LogP contribution >= 0.6 is 0 Å². The molecule has 1 rings (SSSR count). The minimum Gasteiger partial charge on any atom is -0.368 e. The number of rotatable bonds is 7. The Morgan fingerprint density at radius 1 is 0.895 bits per heavy atom. The average molecular weight is 266 g/mol. The Morgan fingerprint density at radius 2 is 1.42 bits per heavy atom. The van der Waals surface area contributed by atoms with Crippen molar-refractivity contribution in [2.24, 2.45) is 0 Å². The molecule has 0 unspecified atom stereocenters. The van der Waals surface area contributed by atoms with E-state index in [0.29, 0.717) is 6.42 Å². The maximum atomic E-state index is 8.51. The second-order valence-electron chi connectivity index (χ2n) is 5.20. The van der Waals surface area contributed by atoms with Crippen LogP contribution in [0.15, 0.2) is 24.3 Å². The summed E-state index contributed by atoms with van der Waals surface area (Å²) in [6.07, 6.45) is 6.62. The molecule has 0 amide bonds. The highest BCUT2D eigenvalue weighted by Crippen LogP contribution is 2.07. The maximum absolute atomic E-state index is 8.51. The van der Waals surface area contributed by atoms with Crippen molar-refractivity contribution in [3.8, 4) is 0 Å². The van der Waals surface area contributed by atoms with Crippen molar-refractivity contribution >= 4 is 0 Å². The summed E-state index contributed by atoms with van der Waals surface area (Å²) in [4.78, 5) is 0. The van der Waals surface area contributed by atoms with Crippen LogP contribution in [0.25, 0.3) is 0 Å². The van der Waals surface area contributed by atoms with E-state index in [1.807, 2.05) is 0 Å². The van der Waals surface area contributed by atoms with Gasteiger partial charge in [-0.1, -0.05) is 74.4 Å². The predicted molar refractivity (Wildman–Crippen MR) is 82.1 cm³/mol. The van der Waals surface area contributed by atoms with Gasteiger partial charge in [-0.15, -0.1) is 0 Å². The van der Waals surface area contributed by atoms with E-state index in [1.54, 1.807) is 0 Å². The molecule has 1 aromatic carbocycles. The summed E-state index contributed by atoms with van der Waals surface area (Å²) < 4.78 is 0. The van der Waals surface area contributed by atoms with Gasteiger partial charge in [0.2, 0.25) is 0 Å². The van der Waals surface area contributed by atoms with E-state index in [2.05, 4.69) is 45.0 Å². The number of unbranched alkanes of at least 4 members (excludes halogenated alkanes) is 5. The molecule has 110 valence electrons. The summed E-state index contributed by atoms with van der Waals surface area (Å²) in [5.41, 5.74) is 2.68. The highest BCUT2D eigenvalue weighted by molar-refractivity contribution is 5.20. The predicted octanol–water partition coefficient (Wildman–Crippen LogP) is 4.35. The lowest BCUT2D eigenvalue weighted by molar-refractivity contribution is -0.0466. The highest BCUT2D eigenvalue weighted by atomic mass is 16.5. The smallest absolute Gasteiger partial charge is 0.151 e. The van der Waals surface area contributed by atoms with E-state index in [1.165, 1.54) is 36.8 Å². The van der Waals surface area contributed by atoms with Gasteiger partial charge in [-0.2, -0.15) is 0 Å². The van der Waals surface area contributed by atoms with Gasteiger partial charge in [-0.25, -0.2) is 0 Å². The average Bonchev–Trinajstić information content (AvgIpc) is 2.34. The Bertz CT molecular complexity index is 291. The lowest BCUT2D eigenvalue weighted by Crippen LogP contribution is -2.02. The lowest BCUT2D eigenvalue weighted by atomic mass is 10.1. The molecule has 2 heteroatoms. The number of aryl methyl sites for hydroxylation is 2. The van der Waals surface area contributed by atoms with Gasteiger partial charge >= 0.3 is 0 Å². The third kappa shape index (κ3) is 13.4. The number of hydrogen-bond donors (Lipinski definition) is 2. The van der Waals surface area contributed by atoms with Crippen LogP contribution in [0.5, 0.6) is 0 Å². The van der Waals surface area contributed by atoms with Gasteiger partial charge in [-0.05, 0) is 26.7 Å². The molecule has 0 spiro atoms. The van der Waals surface area contributed by atoms with Crippen molar-refractivity contribution in [1.82, 2.24) is 0 Å². The number of aliphatic hydroxyl groups excluding tert-OH is 1. The van der Waals surface area contributed by atoms with Crippen LogP contribution in [0, 0.1) is 13.8 Å². The van der Waals surface area contributed by atoms with E-state index >= 15 is 0 Å². The monoisotopic (exact) mass is 266 g/mol. The zero-order valence-electron chi connectivity index (χ0n) is 12.7. The SMILES string of the molecule is CCCCCCCCC(O)O.Cc1cccc(C)c1. The first kappa shape index (κ1) is 18.1. The number of aliphatic hydroxyl groups is 2. The highest BCUT2D eigenvalue weighted by Gasteiger charge is 1.95. The molecule has 0 aliphatic rings. The van der Waals surface area contributed by atoms with Gasteiger partial charge in [0, 0.05) is 0 Å². The fourth-order valence-corrected chi connectivity index (χ4v) is 1.91. The van der Waals surface area contributed by atoms with Crippen molar-refractivity contribution < 1.29 is 10.2 Å². The topological polar surface area (TPSA) is 40.5 Å². The minimum atomic E-state index is -1.10. The Labute approximate surface area is 118 Å². The maximum Gasteiger partial charge on any atom is 0.151 e. The van der Waals surface area contributed by atoms with Crippen molar-refractivity contribution in [2.45, 2.75) is 72.0 Å². The van der Waals surface area contributed by atoms with Crippen LogP contribution in [0.3, 0.4) is 0 Å². The summed E-state index contributed by atoms with van der Waals surface area (Å²) in [5, 5.41) is 17.0. The largest absolute Gasteiger partial charge is 0.368 e. The molecule has 0 saturated heterocycles. The second-order valence-corrected chi connectivity index (χ2v) is 5.20. The van der Waals surface area contributed by atoms with E-state index in [4.69, 9.17) is 10.2 Å². The molecule has 19 heavy (non-hydrogen) atoms. The molecule has 0 saturated carbocycles. The molecule has 0 atom stereocenters. The quantitative estimate of drug-likeness (QED) is 0.569. The van der Waals surface area contributed by atoms with Crippen LogP contribution in [-0.2, 0) is 0 Å². The van der Waals surface area contributed by atoms with Gasteiger partial charge in [0.25, 0.3) is 0 Å². The third-order valence-corrected chi connectivity index (χ3v) is 2.99. The van der Waals surface area contributed by atoms with Crippen molar-refractivity contribution in [2.75, 3.05) is 0 Å². The lowest BCUT2D eigenvalue weighted by Gasteiger charge is -2.02. The zero-order valence-corrected chi connectivity index (χ0v) is 12.7. The van der Waals surface area contributed by atoms with Crippen molar-refractivity contribution in [3.05, 3.63) is 35.4 Å². The Balaban J connectivity index is 0.000000356. The van der Waals surface area contributed by atoms with Gasteiger partial charge in [0.1, 0.15) is 0 Å². The third-order valence-electron chi connectivity index (χ3n) is 2.99. The van der Waals surface area contributed by atoms with Gasteiger partial charge in [0.15, 0.2) is 6.29 Å². The number of hydrogen-bond acceptors (Lipinski definition) is 2. The minimum absolute atomic E-state index is 0.534. The normalized spacial score (nSPS) is 10.2. The Morgan fingerprint density at radius 3 is 1.84 bits per heavy atom. The van der Waals surface area contributed by atoms with Crippen LogP contribution in [0.4, 0.5) is 0 Å². The van der Waals surface area contributed by atoms with E-state index < -0.39 is 6.29 Å². The summed E-state index contributed by atoms with van der Waals surface area (Å²) in [6.45, 7) is 6.40. The molecule has 1 aromatic rings. The van der Waals surface area contributed by atoms with Gasteiger partial charge in [-0.3, -0.25) is 0 Å². The summed E-state index contributed by atoms with van der Waals surface area (Å²) >= 11 is 0. The fourth-order valence-electron chi connectivity index (χ4n) is 1.91. The molecular weight excluding hydrogens is 236 g/mol. The summed E-state index contributed by atoms with van der Waals surface area (Å²) in [5.74, 6) is 0. The van der Waals surface area contributed by atoms with E-state index in [-0.39, 0.29) is 0 Å². The first-order valence-corrected chi connectivity index (χ1v) is 7.45. The molecule has 0 fully saturated rings. The molecule has 2 nitrogen and oxygen atoms in total. The summed E-state index contributed by atoms with van der Waals surface area (Å²) in [6, 6.07) is 8.45. The van der Waals surface area contributed by atoms with E-state index in [0.717, 1.165) is 12.8 Å². The first-order valence-electron chi connectivity index (χ1n) is 7.45. The van der Waals surface area contributed by atoms with Gasteiger partial charge in [0.05, 0.1) is 0 Å².